The standard InChI is InChI=1S/C18H24ClN5O3/c1-11(2)8-18(3,20)10-27-15-13(19)7-12(9-22-15)14-5-6-21-16(23-14)24(4)17(25)26/h5-7,9,11H,8,10,20H2,1-4H3,(H,25,26). The number of aromatic nitrogens is 3. The number of anilines is 1. The molecule has 0 spiro atoms. The third-order valence-electron chi connectivity index (χ3n) is 3.75. The number of rotatable bonds is 7. The van der Waals surface area contributed by atoms with E-state index in [1.54, 1.807) is 18.3 Å². The number of ether oxygens (including phenoxy) is 1. The molecule has 3 N–H and O–H groups in total. The Bertz CT molecular complexity index is 813. The molecular formula is C18H24ClN5O3. The van der Waals surface area contributed by atoms with E-state index in [0.29, 0.717) is 22.2 Å². The molecule has 0 radical (unpaired) electrons. The predicted octanol–water partition coefficient (Wildman–Crippen LogP) is 3.45. The summed E-state index contributed by atoms with van der Waals surface area (Å²) in [6, 6.07) is 3.31. The van der Waals surface area contributed by atoms with Crippen LogP contribution >= 0.6 is 11.6 Å². The fourth-order valence-electron chi connectivity index (χ4n) is 2.65. The molecule has 146 valence electrons. The second-order valence-corrected chi connectivity index (χ2v) is 7.54. The van der Waals surface area contributed by atoms with Gasteiger partial charge in [-0.1, -0.05) is 25.4 Å². The van der Waals surface area contributed by atoms with Crippen LogP contribution in [0.1, 0.15) is 27.2 Å². The third kappa shape index (κ3) is 5.77. The van der Waals surface area contributed by atoms with E-state index in [2.05, 4.69) is 28.8 Å². The Morgan fingerprint density at radius 2 is 2.15 bits per heavy atom. The van der Waals surface area contributed by atoms with Crippen molar-refractivity contribution in [2.75, 3.05) is 18.6 Å². The molecule has 2 aromatic heterocycles. The molecular weight excluding hydrogens is 370 g/mol. The summed E-state index contributed by atoms with van der Waals surface area (Å²) in [5, 5.41) is 9.36. The molecule has 0 saturated heterocycles. The fraction of sp³-hybridized carbons (Fsp3) is 0.444. The Balaban J connectivity index is 2.17. The SMILES string of the molecule is CC(C)CC(C)(N)COc1ncc(-c2ccnc(N(C)C(=O)O)n2)cc1Cl. The largest absolute Gasteiger partial charge is 0.475 e. The van der Waals surface area contributed by atoms with E-state index in [1.807, 2.05) is 6.92 Å². The molecule has 0 fully saturated rings. The van der Waals surface area contributed by atoms with Crippen LogP contribution in [0.3, 0.4) is 0 Å². The molecule has 0 aliphatic carbocycles. The van der Waals surface area contributed by atoms with Gasteiger partial charge in [-0.15, -0.1) is 0 Å². The van der Waals surface area contributed by atoms with Crippen LogP contribution < -0.4 is 15.4 Å². The van der Waals surface area contributed by atoms with Crippen molar-refractivity contribution in [3.63, 3.8) is 0 Å². The van der Waals surface area contributed by atoms with Crippen LogP contribution in [0, 0.1) is 5.92 Å². The van der Waals surface area contributed by atoms with E-state index in [1.165, 1.54) is 13.2 Å². The van der Waals surface area contributed by atoms with Crippen LogP contribution in [0.4, 0.5) is 10.7 Å². The number of amides is 1. The molecule has 0 aromatic carbocycles. The molecule has 27 heavy (non-hydrogen) atoms. The smallest absolute Gasteiger partial charge is 0.413 e. The number of pyridine rings is 1. The van der Waals surface area contributed by atoms with E-state index in [0.717, 1.165) is 11.3 Å². The summed E-state index contributed by atoms with van der Waals surface area (Å²) in [7, 11) is 1.37. The summed E-state index contributed by atoms with van der Waals surface area (Å²) in [5.74, 6) is 0.798. The van der Waals surface area contributed by atoms with Gasteiger partial charge in [0.1, 0.15) is 11.6 Å². The van der Waals surface area contributed by atoms with E-state index in [-0.39, 0.29) is 18.4 Å². The molecule has 8 nitrogen and oxygen atoms in total. The van der Waals surface area contributed by atoms with Crippen LogP contribution in [-0.2, 0) is 0 Å². The van der Waals surface area contributed by atoms with Gasteiger partial charge in [0.15, 0.2) is 0 Å². The lowest BCUT2D eigenvalue weighted by Gasteiger charge is -2.26. The van der Waals surface area contributed by atoms with Crippen molar-refractivity contribution in [1.29, 1.82) is 0 Å². The first-order valence-electron chi connectivity index (χ1n) is 8.46. The maximum Gasteiger partial charge on any atom is 0.413 e. The van der Waals surface area contributed by atoms with Crippen LogP contribution in [0.15, 0.2) is 24.5 Å². The van der Waals surface area contributed by atoms with Crippen molar-refractivity contribution in [3.8, 4) is 17.1 Å². The van der Waals surface area contributed by atoms with Crippen molar-refractivity contribution in [2.45, 2.75) is 32.7 Å². The van der Waals surface area contributed by atoms with Crippen molar-refractivity contribution in [2.24, 2.45) is 11.7 Å². The molecule has 2 rings (SSSR count). The summed E-state index contributed by atoms with van der Waals surface area (Å²) in [4.78, 5) is 24.4. The number of halogens is 1. The van der Waals surface area contributed by atoms with Crippen molar-refractivity contribution in [1.82, 2.24) is 15.0 Å². The van der Waals surface area contributed by atoms with E-state index < -0.39 is 11.6 Å². The minimum absolute atomic E-state index is 0.0593. The van der Waals surface area contributed by atoms with Gasteiger partial charge in [-0.3, -0.25) is 0 Å². The van der Waals surface area contributed by atoms with Crippen LogP contribution in [0.25, 0.3) is 11.3 Å². The van der Waals surface area contributed by atoms with E-state index in [9.17, 15) is 4.79 Å². The maximum atomic E-state index is 11.1. The molecule has 0 aliphatic heterocycles. The molecule has 2 aromatic rings. The molecule has 1 unspecified atom stereocenters. The van der Waals surface area contributed by atoms with Gasteiger partial charge in [0.2, 0.25) is 11.8 Å². The quantitative estimate of drug-likeness (QED) is 0.740. The Kier molecular flexibility index (Phi) is 6.56. The van der Waals surface area contributed by atoms with Crippen molar-refractivity contribution in [3.05, 3.63) is 29.5 Å². The van der Waals surface area contributed by atoms with Crippen LogP contribution in [0.2, 0.25) is 5.02 Å². The van der Waals surface area contributed by atoms with Gasteiger partial charge in [0.05, 0.1) is 5.69 Å². The minimum atomic E-state index is -1.15. The van der Waals surface area contributed by atoms with Gasteiger partial charge < -0.3 is 15.6 Å². The van der Waals surface area contributed by atoms with E-state index >= 15 is 0 Å². The van der Waals surface area contributed by atoms with Gasteiger partial charge >= 0.3 is 6.09 Å². The molecule has 0 aliphatic rings. The van der Waals surface area contributed by atoms with Gasteiger partial charge in [-0.25, -0.2) is 24.6 Å². The summed E-state index contributed by atoms with van der Waals surface area (Å²) in [6.45, 7) is 6.42. The lowest BCUT2D eigenvalue weighted by Crippen LogP contribution is -2.43. The first-order chi connectivity index (χ1) is 12.6. The average Bonchev–Trinajstić information content (AvgIpc) is 2.59. The van der Waals surface area contributed by atoms with Crippen molar-refractivity contribution >= 4 is 23.6 Å². The van der Waals surface area contributed by atoms with Gasteiger partial charge in [0.25, 0.3) is 0 Å². The van der Waals surface area contributed by atoms with E-state index in [4.69, 9.17) is 27.2 Å². The van der Waals surface area contributed by atoms with Crippen LogP contribution in [0.5, 0.6) is 5.88 Å². The minimum Gasteiger partial charge on any atom is -0.475 e. The van der Waals surface area contributed by atoms with Gasteiger partial charge in [-0.05, 0) is 31.4 Å². The Labute approximate surface area is 163 Å². The fourth-order valence-corrected chi connectivity index (χ4v) is 2.87. The zero-order chi connectivity index (χ0) is 20.2. The number of carboxylic acid groups (broad SMARTS) is 1. The lowest BCUT2D eigenvalue weighted by molar-refractivity contribution is 0.201. The zero-order valence-corrected chi connectivity index (χ0v) is 16.6. The molecule has 0 saturated carbocycles. The second kappa shape index (κ2) is 8.49. The van der Waals surface area contributed by atoms with Gasteiger partial charge in [0, 0.05) is 30.5 Å². The zero-order valence-electron chi connectivity index (χ0n) is 15.8. The highest BCUT2D eigenvalue weighted by atomic mass is 35.5. The van der Waals surface area contributed by atoms with Crippen LogP contribution in [-0.4, -0.2) is 45.3 Å². The normalized spacial score (nSPS) is 13.3. The molecule has 1 amide bonds. The summed E-state index contributed by atoms with van der Waals surface area (Å²) in [6.07, 6.45) is 2.69. The molecule has 0 bridgehead atoms. The first kappa shape index (κ1) is 20.9. The van der Waals surface area contributed by atoms with Crippen molar-refractivity contribution < 1.29 is 14.6 Å². The monoisotopic (exact) mass is 393 g/mol. The highest BCUT2D eigenvalue weighted by Gasteiger charge is 2.22. The molecule has 1 atom stereocenters. The Morgan fingerprint density at radius 1 is 1.44 bits per heavy atom. The Morgan fingerprint density at radius 3 is 2.74 bits per heavy atom. The summed E-state index contributed by atoms with van der Waals surface area (Å²) in [5.41, 5.74) is 6.87. The Hall–Kier alpha value is -2.45. The summed E-state index contributed by atoms with van der Waals surface area (Å²) < 4.78 is 5.70. The predicted molar refractivity (Wildman–Crippen MR) is 104 cm³/mol. The maximum absolute atomic E-state index is 11.1. The molecule has 9 heteroatoms. The third-order valence-corrected chi connectivity index (χ3v) is 4.02. The van der Waals surface area contributed by atoms with Gasteiger partial charge in [-0.2, -0.15) is 0 Å². The number of nitrogens with two attached hydrogens (primary N) is 1. The summed E-state index contributed by atoms with van der Waals surface area (Å²) >= 11 is 6.29. The second-order valence-electron chi connectivity index (χ2n) is 7.14. The lowest BCUT2D eigenvalue weighted by atomic mass is 9.93. The average molecular weight is 394 g/mol. The number of nitrogens with zero attached hydrogens (tertiary/aromatic N) is 4. The highest BCUT2D eigenvalue weighted by Crippen LogP contribution is 2.28. The first-order valence-corrected chi connectivity index (χ1v) is 8.84. The number of hydrogen-bond donors (Lipinski definition) is 2. The number of hydrogen-bond acceptors (Lipinski definition) is 6. The number of carbonyl (C=O) groups is 1. The molecule has 2 heterocycles. The highest BCUT2D eigenvalue weighted by molar-refractivity contribution is 6.32. The topological polar surface area (TPSA) is 114 Å².